The van der Waals surface area contributed by atoms with Gasteiger partial charge in [-0.1, -0.05) is 0 Å². The van der Waals surface area contributed by atoms with Gasteiger partial charge in [0.1, 0.15) is 0 Å². The van der Waals surface area contributed by atoms with Crippen LogP contribution in [0, 0.1) is 0 Å². The lowest BCUT2D eigenvalue weighted by atomic mass is 10.1. The number of benzene rings is 2. The fraction of sp³-hybridized carbons (Fsp3) is 0.190. The first-order valence-corrected chi connectivity index (χ1v) is 8.64. The minimum atomic E-state index is -1.04. The molecule has 2 aromatic carbocycles. The Balaban J connectivity index is 1.96. The van der Waals surface area contributed by atoms with Gasteiger partial charge in [-0.05, 0) is 55.0 Å². The molecule has 0 radical (unpaired) electrons. The van der Waals surface area contributed by atoms with Crippen molar-refractivity contribution in [1.82, 2.24) is 0 Å². The first-order chi connectivity index (χ1) is 13.9. The fourth-order valence-corrected chi connectivity index (χ4v) is 2.96. The summed E-state index contributed by atoms with van der Waals surface area (Å²) in [7, 11) is 4.55. The highest BCUT2D eigenvalue weighted by molar-refractivity contribution is 6.32. The molecule has 1 amide bonds. The number of carboxylic acids is 1. The smallest absolute Gasteiger partial charge is 0.335 e. The maximum atomic E-state index is 12.9. The lowest BCUT2D eigenvalue weighted by Crippen LogP contribution is -2.21. The van der Waals surface area contributed by atoms with E-state index in [1.807, 2.05) is 0 Å². The molecule has 0 saturated carbocycles. The van der Waals surface area contributed by atoms with E-state index in [-0.39, 0.29) is 11.5 Å². The second kappa shape index (κ2) is 8.05. The van der Waals surface area contributed by atoms with Crippen LogP contribution in [0.3, 0.4) is 0 Å². The van der Waals surface area contributed by atoms with Crippen LogP contribution in [0.15, 0.2) is 47.1 Å². The molecule has 1 N–H and O–H groups in total. The Morgan fingerprint density at radius 3 is 2.10 bits per heavy atom. The predicted octanol–water partition coefficient (Wildman–Crippen LogP) is 3.22. The summed E-state index contributed by atoms with van der Waals surface area (Å²) in [5.74, 6) is 0.0476. The standard InChI is InChI=1S/C21H20N2O6/c1-12-16(9-13-10-17(27-2)19(29-4)18(11-13)28-3)20(24)23(22-12)15-7-5-14(6-8-15)21(25)26/h5-11H,1-4H3,(H,25,26). The average molecular weight is 396 g/mol. The minimum Gasteiger partial charge on any atom is -0.493 e. The van der Waals surface area contributed by atoms with Crippen molar-refractivity contribution in [2.24, 2.45) is 5.10 Å². The molecular formula is C21H20N2O6. The number of aromatic carboxylic acids is 1. The van der Waals surface area contributed by atoms with E-state index in [2.05, 4.69) is 5.10 Å². The lowest BCUT2D eigenvalue weighted by Gasteiger charge is -2.13. The molecule has 0 fully saturated rings. The minimum absolute atomic E-state index is 0.134. The van der Waals surface area contributed by atoms with E-state index in [0.717, 1.165) is 0 Å². The molecule has 0 aromatic heterocycles. The van der Waals surface area contributed by atoms with Crippen LogP contribution in [0.4, 0.5) is 5.69 Å². The van der Waals surface area contributed by atoms with Crippen LogP contribution in [-0.2, 0) is 4.79 Å². The summed E-state index contributed by atoms with van der Waals surface area (Å²) >= 11 is 0. The molecule has 1 heterocycles. The van der Waals surface area contributed by atoms with E-state index in [0.29, 0.717) is 39.8 Å². The monoisotopic (exact) mass is 396 g/mol. The number of ether oxygens (including phenoxy) is 3. The summed E-state index contributed by atoms with van der Waals surface area (Å²) in [6.07, 6.45) is 1.69. The molecule has 0 unspecified atom stereocenters. The Morgan fingerprint density at radius 2 is 1.62 bits per heavy atom. The number of rotatable bonds is 6. The van der Waals surface area contributed by atoms with Gasteiger partial charge in [-0.2, -0.15) is 10.1 Å². The number of hydrogen-bond acceptors (Lipinski definition) is 6. The first kappa shape index (κ1) is 19.9. The van der Waals surface area contributed by atoms with Crippen molar-refractivity contribution in [1.29, 1.82) is 0 Å². The molecule has 2 aromatic rings. The van der Waals surface area contributed by atoms with Gasteiger partial charge in [-0.3, -0.25) is 4.79 Å². The van der Waals surface area contributed by atoms with Crippen molar-refractivity contribution in [2.75, 3.05) is 26.3 Å². The zero-order valence-corrected chi connectivity index (χ0v) is 16.4. The Morgan fingerprint density at radius 1 is 1.03 bits per heavy atom. The van der Waals surface area contributed by atoms with E-state index in [4.69, 9.17) is 19.3 Å². The van der Waals surface area contributed by atoms with Crippen LogP contribution < -0.4 is 19.2 Å². The number of carboxylic acid groups (broad SMARTS) is 1. The van der Waals surface area contributed by atoms with Crippen LogP contribution in [0.25, 0.3) is 6.08 Å². The van der Waals surface area contributed by atoms with Gasteiger partial charge in [0.15, 0.2) is 11.5 Å². The maximum Gasteiger partial charge on any atom is 0.335 e. The van der Waals surface area contributed by atoms with Gasteiger partial charge in [0, 0.05) is 0 Å². The summed E-state index contributed by atoms with van der Waals surface area (Å²) in [5, 5.41) is 14.6. The highest BCUT2D eigenvalue weighted by Crippen LogP contribution is 2.39. The summed E-state index contributed by atoms with van der Waals surface area (Å²) in [5.41, 5.74) is 2.23. The van der Waals surface area contributed by atoms with Crippen molar-refractivity contribution >= 4 is 29.4 Å². The highest BCUT2D eigenvalue weighted by atomic mass is 16.5. The zero-order chi connectivity index (χ0) is 21.1. The molecular weight excluding hydrogens is 376 g/mol. The average Bonchev–Trinajstić information content (AvgIpc) is 3.01. The van der Waals surface area contributed by atoms with Crippen molar-refractivity contribution < 1.29 is 28.9 Å². The molecule has 8 heteroatoms. The maximum absolute atomic E-state index is 12.9. The number of anilines is 1. The van der Waals surface area contributed by atoms with Crippen LogP contribution in [0.1, 0.15) is 22.8 Å². The van der Waals surface area contributed by atoms with Gasteiger partial charge in [-0.25, -0.2) is 4.79 Å². The summed E-state index contributed by atoms with van der Waals surface area (Å²) in [6.45, 7) is 1.73. The van der Waals surface area contributed by atoms with Gasteiger partial charge in [0.2, 0.25) is 5.75 Å². The molecule has 3 rings (SSSR count). The number of methoxy groups -OCH3 is 3. The summed E-state index contributed by atoms with van der Waals surface area (Å²) < 4.78 is 16.0. The fourth-order valence-electron chi connectivity index (χ4n) is 2.96. The van der Waals surface area contributed by atoms with E-state index < -0.39 is 5.97 Å². The van der Waals surface area contributed by atoms with Crippen molar-refractivity contribution in [2.45, 2.75) is 6.92 Å². The third kappa shape index (κ3) is 3.77. The number of hydrazone groups is 1. The molecule has 1 aliphatic rings. The zero-order valence-electron chi connectivity index (χ0n) is 16.4. The van der Waals surface area contributed by atoms with Gasteiger partial charge >= 0.3 is 5.97 Å². The number of carbonyl (C=O) groups excluding carboxylic acids is 1. The normalized spacial score (nSPS) is 14.8. The lowest BCUT2D eigenvalue weighted by molar-refractivity contribution is -0.114. The van der Waals surface area contributed by atoms with E-state index in [1.165, 1.54) is 38.5 Å². The molecule has 0 atom stereocenters. The van der Waals surface area contributed by atoms with Crippen LogP contribution in [0.2, 0.25) is 0 Å². The van der Waals surface area contributed by atoms with E-state index in [1.54, 1.807) is 37.3 Å². The van der Waals surface area contributed by atoms with Gasteiger partial charge in [0.25, 0.3) is 5.91 Å². The van der Waals surface area contributed by atoms with Gasteiger partial charge in [-0.15, -0.1) is 0 Å². The van der Waals surface area contributed by atoms with E-state index in [9.17, 15) is 9.59 Å². The highest BCUT2D eigenvalue weighted by Gasteiger charge is 2.29. The molecule has 0 bridgehead atoms. The van der Waals surface area contributed by atoms with Crippen LogP contribution >= 0.6 is 0 Å². The number of hydrogen-bond donors (Lipinski definition) is 1. The molecule has 8 nitrogen and oxygen atoms in total. The molecule has 0 spiro atoms. The quantitative estimate of drug-likeness (QED) is 0.753. The number of nitrogens with zero attached hydrogens (tertiary/aromatic N) is 2. The van der Waals surface area contributed by atoms with E-state index >= 15 is 0 Å². The largest absolute Gasteiger partial charge is 0.493 e. The first-order valence-electron chi connectivity index (χ1n) is 8.64. The number of amides is 1. The predicted molar refractivity (Wildman–Crippen MR) is 108 cm³/mol. The Kier molecular flexibility index (Phi) is 5.54. The van der Waals surface area contributed by atoms with Gasteiger partial charge < -0.3 is 19.3 Å². The Bertz CT molecular complexity index is 999. The molecule has 0 aliphatic carbocycles. The third-order valence-corrected chi connectivity index (χ3v) is 4.42. The molecule has 1 aliphatic heterocycles. The third-order valence-electron chi connectivity index (χ3n) is 4.42. The molecule has 150 valence electrons. The molecule has 29 heavy (non-hydrogen) atoms. The topological polar surface area (TPSA) is 97.7 Å². The second-order valence-electron chi connectivity index (χ2n) is 6.17. The van der Waals surface area contributed by atoms with Gasteiger partial charge in [0.05, 0.1) is 43.9 Å². The Labute approximate surface area is 167 Å². The summed E-state index contributed by atoms with van der Waals surface area (Å²) in [6, 6.07) is 9.41. The van der Waals surface area contributed by atoms with Crippen molar-refractivity contribution in [3.8, 4) is 17.2 Å². The van der Waals surface area contributed by atoms with Crippen LogP contribution in [0.5, 0.6) is 17.2 Å². The Hall–Kier alpha value is -3.81. The molecule has 0 saturated heterocycles. The second-order valence-corrected chi connectivity index (χ2v) is 6.17. The van der Waals surface area contributed by atoms with Crippen molar-refractivity contribution in [3.63, 3.8) is 0 Å². The van der Waals surface area contributed by atoms with Crippen molar-refractivity contribution in [3.05, 3.63) is 53.1 Å². The van der Waals surface area contributed by atoms with Crippen LogP contribution in [-0.4, -0.2) is 44.0 Å². The number of carbonyl (C=O) groups is 2. The SMILES string of the molecule is COc1cc(C=C2C(=O)N(c3ccc(C(=O)O)cc3)N=C2C)cc(OC)c1OC. The summed E-state index contributed by atoms with van der Waals surface area (Å²) in [4.78, 5) is 23.9.